The van der Waals surface area contributed by atoms with Crippen LogP contribution in [-0.4, -0.2) is 43.4 Å². The number of halogens is 5. The summed E-state index contributed by atoms with van der Waals surface area (Å²) in [6, 6.07) is 8.00. The molecule has 5 rings (SSSR count). The number of esters is 1. The highest BCUT2D eigenvalue weighted by atomic mass is 35.5. The smallest absolute Gasteiger partial charge is 0.323 e. The summed E-state index contributed by atoms with van der Waals surface area (Å²) < 4.78 is 48.9. The number of ether oxygens (including phenoxy) is 1. The number of carbonyl (C=O) groups is 2. The maximum atomic E-state index is 15.6. The van der Waals surface area contributed by atoms with Crippen molar-refractivity contribution in [3.63, 3.8) is 0 Å². The zero-order valence-corrected chi connectivity index (χ0v) is 20.3. The lowest BCUT2D eigenvalue weighted by molar-refractivity contribution is -0.146. The van der Waals surface area contributed by atoms with Crippen LogP contribution in [0, 0.1) is 11.2 Å². The zero-order chi connectivity index (χ0) is 25.2. The van der Waals surface area contributed by atoms with E-state index in [4.69, 9.17) is 27.9 Å². The summed E-state index contributed by atoms with van der Waals surface area (Å²) in [7, 11) is 0. The standard InChI is InChI=1S/C25H23Cl2F3N2O3/c1-2-35-21(33)20-18(14-4-3-5-16(27)19(14)30)25(24(32-20)9-23(10-24,11-28)12-29)15-7-6-13(26)8-17(15)31-22(25)34/h3-8,18,20,32H,2,9-12H2,1H3,(H,31,34)/t18-,20+,25?/m0/s1. The fourth-order valence-corrected chi connectivity index (χ4v) is 6.92. The second kappa shape index (κ2) is 8.39. The second-order valence-corrected chi connectivity index (χ2v) is 10.5. The Morgan fingerprint density at radius 1 is 1.17 bits per heavy atom. The molecule has 3 aliphatic rings. The Morgan fingerprint density at radius 3 is 2.54 bits per heavy atom. The molecule has 1 unspecified atom stereocenters. The molecule has 1 aliphatic carbocycles. The molecule has 3 atom stereocenters. The molecular formula is C25H23Cl2F3N2O3. The third-order valence-corrected chi connectivity index (χ3v) is 8.30. The van der Waals surface area contributed by atoms with E-state index >= 15 is 4.39 Å². The van der Waals surface area contributed by atoms with Crippen molar-refractivity contribution in [3.05, 3.63) is 63.4 Å². The van der Waals surface area contributed by atoms with Crippen LogP contribution in [0.15, 0.2) is 36.4 Å². The zero-order valence-electron chi connectivity index (χ0n) is 18.8. The lowest BCUT2D eigenvalue weighted by atomic mass is 9.46. The van der Waals surface area contributed by atoms with Gasteiger partial charge in [0.25, 0.3) is 0 Å². The highest BCUT2D eigenvalue weighted by Gasteiger charge is 2.78. The Balaban J connectivity index is 1.81. The van der Waals surface area contributed by atoms with E-state index in [0.29, 0.717) is 16.3 Å². The van der Waals surface area contributed by atoms with Gasteiger partial charge in [0.2, 0.25) is 5.91 Å². The number of carbonyl (C=O) groups excluding carboxylic acids is 2. The molecule has 2 spiro atoms. The van der Waals surface area contributed by atoms with E-state index in [0.717, 1.165) is 0 Å². The number of benzene rings is 2. The van der Waals surface area contributed by atoms with Crippen LogP contribution in [0.25, 0.3) is 0 Å². The second-order valence-electron chi connectivity index (χ2n) is 9.65. The number of rotatable bonds is 5. The average Bonchev–Trinajstić information content (AvgIpc) is 3.27. The topological polar surface area (TPSA) is 67.4 Å². The van der Waals surface area contributed by atoms with E-state index in [1.165, 1.54) is 18.2 Å². The molecule has 35 heavy (non-hydrogen) atoms. The number of fused-ring (bicyclic) bond motifs is 3. The Labute approximate surface area is 210 Å². The predicted octanol–water partition coefficient (Wildman–Crippen LogP) is 5.10. The van der Waals surface area contributed by atoms with Gasteiger partial charge in [-0.05, 0) is 49.1 Å². The number of hydrogen-bond donors (Lipinski definition) is 2. The van der Waals surface area contributed by atoms with E-state index in [-0.39, 0.29) is 30.0 Å². The van der Waals surface area contributed by atoms with Gasteiger partial charge in [0.1, 0.15) is 17.3 Å². The molecule has 2 aromatic rings. The number of alkyl halides is 2. The lowest BCUT2D eigenvalue weighted by Gasteiger charge is -2.59. The molecule has 1 saturated carbocycles. The first-order valence-corrected chi connectivity index (χ1v) is 12.1. The molecule has 2 N–H and O–H groups in total. The Hall–Kier alpha value is -2.29. The van der Waals surface area contributed by atoms with E-state index < -0.39 is 59.4 Å². The van der Waals surface area contributed by atoms with E-state index in [1.807, 2.05) is 0 Å². The van der Waals surface area contributed by atoms with Crippen LogP contribution in [0.4, 0.5) is 18.9 Å². The normalized spacial score (nSPS) is 27.5. The minimum absolute atomic E-state index is 0.0378. The Morgan fingerprint density at radius 2 is 1.89 bits per heavy atom. The van der Waals surface area contributed by atoms with Crippen LogP contribution in [0.5, 0.6) is 0 Å². The van der Waals surface area contributed by atoms with Gasteiger partial charge in [-0.1, -0.05) is 41.4 Å². The molecule has 0 bridgehead atoms. The molecular weight excluding hydrogens is 504 g/mol. The SMILES string of the molecule is CCOC(=O)[C@@H]1NC2(CC(CF)(CF)C2)C2(C(=O)Nc3cc(Cl)ccc32)[C@H]1c1cccc(Cl)c1F. The van der Waals surface area contributed by atoms with Gasteiger partial charge >= 0.3 is 5.97 Å². The third-order valence-electron chi connectivity index (χ3n) is 7.78. The maximum absolute atomic E-state index is 15.6. The van der Waals surface area contributed by atoms with Gasteiger partial charge in [0.05, 0.1) is 25.0 Å². The van der Waals surface area contributed by atoms with E-state index in [2.05, 4.69) is 10.6 Å². The summed E-state index contributed by atoms with van der Waals surface area (Å²) in [6.07, 6.45) is -0.145. The molecule has 0 aromatic heterocycles. The fourth-order valence-electron chi connectivity index (χ4n) is 6.57. The van der Waals surface area contributed by atoms with Crippen LogP contribution < -0.4 is 10.6 Å². The minimum atomic E-state index is -1.58. The monoisotopic (exact) mass is 526 g/mol. The summed E-state index contributed by atoms with van der Waals surface area (Å²) in [5.74, 6) is -3.09. The summed E-state index contributed by atoms with van der Waals surface area (Å²) in [5, 5.41) is 6.23. The molecule has 10 heteroatoms. The first-order chi connectivity index (χ1) is 16.7. The largest absolute Gasteiger partial charge is 0.465 e. The first kappa shape index (κ1) is 24.4. The van der Waals surface area contributed by atoms with Crippen molar-refractivity contribution in [1.29, 1.82) is 0 Å². The van der Waals surface area contributed by atoms with Crippen molar-refractivity contribution < 1.29 is 27.5 Å². The molecule has 2 fully saturated rings. The van der Waals surface area contributed by atoms with Crippen molar-refractivity contribution in [3.8, 4) is 0 Å². The summed E-state index contributed by atoms with van der Waals surface area (Å²) in [6.45, 7) is -0.177. The molecule has 186 valence electrons. The van der Waals surface area contributed by atoms with Crippen molar-refractivity contribution in [2.45, 2.75) is 42.7 Å². The predicted molar refractivity (Wildman–Crippen MR) is 126 cm³/mol. The van der Waals surface area contributed by atoms with Crippen molar-refractivity contribution in [2.24, 2.45) is 5.41 Å². The van der Waals surface area contributed by atoms with Gasteiger partial charge < -0.3 is 10.1 Å². The Kier molecular flexibility index (Phi) is 5.85. The number of hydrogen-bond acceptors (Lipinski definition) is 4. The van der Waals surface area contributed by atoms with Crippen molar-refractivity contribution >= 4 is 40.8 Å². The van der Waals surface area contributed by atoms with E-state index in [9.17, 15) is 18.4 Å². The van der Waals surface area contributed by atoms with Crippen LogP contribution in [0.3, 0.4) is 0 Å². The third kappa shape index (κ3) is 3.19. The molecule has 1 amide bonds. The average molecular weight is 527 g/mol. The van der Waals surface area contributed by atoms with Crippen LogP contribution >= 0.6 is 23.2 Å². The fraction of sp³-hybridized carbons (Fsp3) is 0.440. The number of anilines is 1. The van der Waals surface area contributed by atoms with Gasteiger partial charge in [-0.25, -0.2) is 4.39 Å². The summed E-state index contributed by atoms with van der Waals surface area (Å²) >= 11 is 12.3. The number of amides is 1. The molecule has 5 nitrogen and oxygen atoms in total. The quantitative estimate of drug-likeness (QED) is 0.532. The molecule has 1 saturated heterocycles. The maximum Gasteiger partial charge on any atom is 0.323 e. The Bertz CT molecular complexity index is 1210. The summed E-state index contributed by atoms with van der Waals surface area (Å²) in [5.41, 5.74) is -3.22. The van der Waals surface area contributed by atoms with Crippen molar-refractivity contribution in [1.82, 2.24) is 5.32 Å². The van der Waals surface area contributed by atoms with Gasteiger partial charge in [0, 0.05) is 27.6 Å². The molecule has 0 radical (unpaired) electrons. The van der Waals surface area contributed by atoms with Gasteiger partial charge in [-0.2, -0.15) is 0 Å². The van der Waals surface area contributed by atoms with Gasteiger partial charge in [-0.3, -0.25) is 23.7 Å². The summed E-state index contributed by atoms with van der Waals surface area (Å²) in [4.78, 5) is 27.2. The molecule has 2 aromatic carbocycles. The van der Waals surface area contributed by atoms with Crippen molar-refractivity contribution in [2.75, 3.05) is 25.3 Å². The van der Waals surface area contributed by atoms with Gasteiger partial charge in [-0.15, -0.1) is 0 Å². The van der Waals surface area contributed by atoms with Crippen LogP contribution in [-0.2, 0) is 19.7 Å². The lowest BCUT2D eigenvalue weighted by Crippen LogP contribution is -2.70. The van der Waals surface area contributed by atoms with E-state index in [1.54, 1.807) is 25.1 Å². The van der Waals surface area contributed by atoms with Crippen LogP contribution in [0.2, 0.25) is 10.0 Å². The molecule has 2 aliphatic heterocycles. The number of nitrogens with one attached hydrogen (secondary N) is 2. The highest BCUT2D eigenvalue weighted by Crippen LogP contribution is 2.68. The first-order valence-electron chi connectivity index (χ1n) is 11.3. The molecule has 2 heterocycles. The highest BCUT2D eigenvalue weighted by molar-refractivity contribution is 6.31. The minimum Gasteiger partial charge on any atom is -0.465 e. The van der Waals surface area contributed by atoms with Crippen LogP contribution in [0.1, 0.15) is 36.8 Å². The van der Waals surface area contributed by atoms with Gasteiger partial charge in [0.15, 0.2) is 0 Å².